The van der Waals surface area contributed by atoms with Gasteiger partial charge in [0.25, 0.3) is 0 Å². The summed E-state index contributed by atoms with van der Waals surface area (Å²) in [5.74, 6) is -0.735. The second kappa shape index (κ2) is 9.36. The minimum atomic E-state index is -0.602. The van der Waals surface area contributed by atoms with Gasteiger partial charge in [-0.15, -0.1) is 0 Å². The zero-order valence-electron chi connectivity index (χ0n) is 19.1. The molecule has 0 unspecified atom stereocenters. The first-order valence-electron chi connectivity index (χ1n) is 12.5. The van der Waals surface area contributed by atoms with Crippen LogP contribution < -0.4 is 0 Å². The van der Waals surface area contributed by atoms with Gasteiger partial charge < -0.3 is 10.0 Å². The molecule has 1 spiro atoms. The number of carbonyl (C=O) groups is 1. The van der Waals surface area contributed by atoms with Gasteiger partial charge in [-0.05, 0) is 72.6 Å². The van der Waals surface area contributed by atoms with Gasteiger partial charge in [-0.1, -0.05) is 48.5 Å². The van der Waals surface area contributed by atoms with Crippen LogP contribution in [0.15, 0.2) is 48.5 Å². The summed E-state index contributed by atoms with van der Waals surface area (Å²) in [6, 6.07) is 18.0. The van der Waals surface area contributed by atoms with E-state index in [2.05, 4.69) is 58.3 Å². The highest BCUT2D eigenvalue weighted by atomic mass is 16.4. The summed E-state index contributed by atoms with van der Waals surface area (Å²) in [7, 11) is 0. The Hall–Kier alpha value is -2.17. The van der Waals surface area contributed by atoms with Crippen LogP contribution in [-0.4, -0.2) is 53.6 Å². The molecule has 1 saturated heterocycles. The van der Waals surface area contributed by atoms with Gasteiger partial charge >= 0.3 is 5.97 Å². The molecule has 5 rings (SSSR count). The van der Waals surface area contributed by atoms with E-state index in [1.807, 2.05) is 0 Å². The van der Waals surface area contributed by atoms with E-state index in [1.54, 1.807) is 5.56 Å². The van der Waals surface area contributed by atoms with E-state index in [9.17, 15) is 9.90 Å². The van der Waals surface area contributed by atoms with Crippen LogP contribution in [0, 0.1) is 5.92 Å². The lowest BCUT2D eigenvalue weighted by molar-refractivity contribution is -0.143. The summed E-state index contributed by atoms with van der Waals surface area (Å²) >= 11 is 0. The van der Waals surface area contributed by atoms with Crippen LogP contribution in [0.25, 0.3) is 0 Å². The second-order valence-electron chi connectivity index (χ2n) is 10.2. The number of hydrogen-bond donors (Lipinski definition) is 1. The van der Waals surface area contributed by atoms with Crippen LogP contribution in [0.1, 0.15) is 54.4 Å². The Kier molecular flexibility index (Phi) is 6.34. The Balaban J connectivity index is 1.16. The Morgan fingerprint density at radius 3 is 2.34 bits per heavy atom. The number of carboxylic acids is 1. The maximum absolute atomic E-state index is 11.4. The van der Waals surface area contributed by atoms with Gasteiger partial charge in [0, 0.05) is 39.3 Å². The zero-order chi connectivity index (χ0) is 22.0. The number of benzene rings is 2. The van der Waals surface area contributed by atoms with Crippen molar-refractivity contribution in [1.29, 1.82) is 0 Å². The molecule has 170 valence electrons. The first kappa shape index (κ1) is 21.7. The van der Waals surface area contributed by atoms with E-state index in [1.165, 1.54) is 23.1 Å². The average molecular weight is 433 g/mol. The predicted octanol–water partition coefficient (Wildman–Crippen LogP) is 4.51. The van der Waals surface area contributed by atoms with E-state index < -0.39 is 5.97 Å². The highest BCUT2D eigenvalue weighted by molar-refractivity contribution is 5.70. The lowest BCUT2D eigenvalue weighted by atomic mass is 9.67. The summed E-state index contributed by atoms with van der Waals surface area (Å²) in [6.07, 6.45) is 7.26. The average Bonchev–Trinajstić information content (AvgIpc) is 3.17. The fourth-order valence-corrected chi connectivity index (χ4v) is 6.24. The molecule has 32 heavy (non-hydrogen) atoms. The van der Waals surface area contributed by atoms with Crippen molar-refractivity contribution >= 4 is 5.97 Å². The molecular weight excluding hydrogens is 396 g/mol. The van der Waals surface area contributed by atoms with Crippen LogP contribution in [0.2, 0.25) is 0 Å². The highest BCUT2D eigenvalue weighted by Crippen LogP contribution is 2.50. The molecular formula is C28H36N2O2. The molecule has 0 atom stereocenters. The molecule has 0 aromatic heterocycles. The maximum atomic E-state index is 11.4. The van der Waals surface area contributed by atoms with E-state index in [-0.39, 0.29) is 11.3 Å². The van der Waals surface area contributed by atoms with Crippen molar-refractivity contribution in [2.45, 2.75) is 56.9 Å². The number of carboxylic acid groups (broad SMARTS) is 1. The monoisotopic (exact) mass is 432 g/mol. The van der Waals surface area contributed by atoms with Crippen molar-refractivity contribution < 1.29 is 9.90 Å². The topological polar surface area (TPSA) is 43.8 Å². The molecule has 4 nitrogen and oxygen atoms in total. The molecule has 1 aliphatic heterocycles. The summed E-state index contributed by atoms with van der Waals surface area (Å²) in [5, 5.41) is 9.39. The van der Waals surface area contributed by atoms with Crippen LogP contribution in [0.4, 0.5) is 0 Å². The third-order valence-corrected chi connectivity index (χ3v) is 8.34. The molecule has 2 fully saturated rings. The highest BCUT2D eigenvalue weighted by Gasteiger charge is 2.42. The first-order chi connectivity index (χ1) is 15.6. The smallest absolute Gasteiger partial charge is 0.306 e. The number of rotatable bonds is 6. The third-order valence-electron chi connectivity index (χ3n) is 8.34. The number of hydrogen-bond acceptors (Lipinski definition) is 3. The van der Waals surface area contributed by atoms with Crippen molar-refractivity contribution in [3.8, 4) is 0 Å². The number of fused-ring (bicyclic) bond motifs is 2. The SMILES string of the molecule is O=C(O)C1CCC2(CCc3ccc(CN4CCN(CCc5ccccc5)CC4)cc32)CC1. The van der Waals surface area contributed by atoms with E-state index in [0.29, 0.717) is 0 Å². The Morgan fingerprint density at radius 2 is 1.62 bits per heavy atom. The summed E-state index contributed by atoms with van der Waals surface area (Å²) in [4.78, 5) is 16.6. The van der Waals surface area contributed by atoms with Crippen molar-refractivity contribution in [3.05, 3.63) is 70.8 Å². The van der Waals surface area contributed by atoms with Gasteiger partial charge in [0.15, 0.2) is 0 Å². The quantitative estimate of drug-likeness (QED) is 0.730. The van der Waals surface area contributed by atoms with Gasteiger partial charge in [-0.3, -0.25) is 9.69 Å². The Labute approximate surface area is 192 Å². The molecule has 2 aliphatic carbocycles. The summed E-state index contributed by atoms with van der Waals surface area (Å²) < 4.78 is 0. The molecule has 1 saturated carbocycles. The zero-order valence-corrected chi connectivity index (χ0v) is 19.1. The second-order valence-corrected chi connectivity index (χ2v) is 10.2. The molecule has 2 aromatic carbocycles. The molecule has 0 amide bonds. The van der Waals surface area contributed by atoms with Crippen molar-refractivity contribution in [1.82, 2.24) is 9.80 Å². The Morgan fingerprint density at radius 1 is 0.906 bits per heavy atom. The molecule has 0 bridgehead atoms. The molecule has 2 aromatic rings. The molecule has 1 N–H and O–H groups in total. The van der Waals surface area contributed by atoms with Crippen LogP contribution in [-0.2, 0) is 29.6 Å². The van der Waals surface area contributed by atoms with E-state index >= 15 is 0 Å². The molecule has 0 radical (unpaired) electrons. The predicted molar refractivity (Wildman–Crippen MR) is 128 cm³/mol. The summed E-state index contributed by atoms with van der Waals surface area (Å²) in [6.45, 7) is 6.76. The minimum Gasteiger partial charge on any atom is -0.481 e. The van der Waals surface area contributed by atoms with Crippen LogP contribution in [0.3, 0.4) is 0 Å². The first-order valence-corrected chi connectivity index (χ1v) is 12.5. The minimum absolute atomic E-state index is 0.133. The van der Waals surface area contributed by atoms with Crippen molar-refractivity contribution in [2.75, 3.05) is 32.7 Å². The van der Waals surface area contributed by atoms with Crippen molar-refractivity contribution in [3.63, 3.8) is 0 Å². The third kappa shape index (κ3) is 4.62. The summed E-state index contributed by atoms with van der Waals surface area (Å²) in [5.41, 5.74) is 6.16. The van der Waals surface area contributed by atoms with Gasteiger partial charge in [0.2, 0.25) is 0 Å². The standard InChI is InChI=1S/C28H36N2O2/c31-27(32)25-9-13-28(14-10-25)12-8-24-7-6-23(20-26(24)28)21-30-18-16-29(17-19-30)15-11-22-4-2-1-3-5-22/h1-7,20,25H,8-19,21H2,(H,31,32). The van der Waals surface area contributed by atoms with E-state index in [0.717, 1.165) is 77.8 Å². The molecule has 4 heteroatoms. The molecule has 1 heterocycles. The van der Waals surface area contributed by atoms with Gasteiger partial charge in [-0.25, -0.2) is 0 Å². The fourth-order valence-electron chi connectivity index (χ4n) is 6.24. The number of nitrogens with zero attached hydrogens (tertiary/aromatic N) is 2. The maximum Gasteiger partial charge on any atom is 0.306 e. The van der Waals surface area contributed by atoms with E-state index in [4.69, 9.17) is 0 Å². The van der Waals surface area contributed by atoms with Crippen LogP contribution >= 0.6 is 0 Å². The lowest BCUT2D eigenvalue weighted by Crippen LogP contribution is -2.46. The number of piperazine rings is 1. The van der Waals surface area contributed by atoms with Gasteiger partial charge in [0.1, 0.15) is 0 Å². The fraction of sp³-hybridized carbons (Fsp3) is 0.536. The number of aliphatic carboxylic acids is 1. The Bertz CT molecular complexity index is 926. The van der Waals surface area contributed by atoms with Gasteiger partial charge in [0.05, 0.1) is 5.92 Å². The number of aryl methyl sites for hydroxylation is 1. The lowest BCUT2D eigenvalue weighted by Gasteiger charge is -2.37. The van der Waals surface area contributed by atoms with Crippen LogP contribution in [0.5, 0.6) is 0 Å². The van der Waals surface area contributed by atoms with Crippen molar-refractivity contribution in [2.24, 2.45) is 5.92 Å². The van der Waals surface area contributed by atoms with Gasteiger partial charge in [-0.2, -0.15) is 0 Å². The normalized spacial score (nSPS) is 26.3. The largest absolute Gasteiger partial charge is 0.481 e. The molecule has 3 aliphatic rings.